The van der Waals surface area contributed by atoms with Crippen molar-refractivity contribution >= 4 is 17.9 Å². The number of hydrogen-bond acceptors (Lipinski definition) is 6. The lowest BCUT2D eigenvalue weighted by molar-refractivity contribution is 0.0599. The van der Waals surface area contributed by atoms with Crippen LogP contribution in [0.25, 0.3) is 0 Å². The van der Waals surface area contributed by atoms with E-state index in [1.165, 1.54) is 7.11 Å². The van der Waals surface area contributed by atoms with Crippen LogP contribution in [0.3, 0.4) is 0 Å². The first-order valence-electron chi connectivity index (χ1n) is 8.73. The first-order valence-corrected chi connectivity index (χ1v) is 8.73. The number of anilines is 1. The summed E-state index contributed by atoms with van der Waals surface area (Å²) >= 11 is 0. The van der Waals surface area contributed by atoms with Crippen LogP contribution in [0.1, 0.15) is 21.5 Å². The van der Waals surface area contributed by atoms with Crippen LogP contribution < -0.4 is 4.90 Å². The van der Waals surface area contributed by atoms with Gasteiger partial charge in [0.15, 0.2) is 0 Å². The SMILES string of the molecule is COC(=O)c1cc(N2CC(N(C)C(=O)OCc3ccccc3)C2)ncc1C. The zero-order valence-electron chi connectivity index (χ0n) is 15.7. The number of carbonyl (C=O) groups excluding carboxylic acids is 2. The first kappa shape index (κ1) is 18.7. The number of esters is 1. The Morgan fingerprint density at radius 3 is 2.63 bits per heavy atom. The molecule has 0 radical (unpaired) electrons. The lowest BCUT2D eigenvalue weighted by Crippen LogP contribution is -2.60. The van der Waals surface area contributed by atoms with Crippen molar-refractivity contribution in [1.29, 1.82) is 0 Å². The minimum absolute atomic E-state index is 0.0398. The molecule has 0 spiro atoms. The molecule has 1 amide bonds. The van der Waals surface area contributed by atoms with E-state index in [4.69, 9.17) is 9.47 Å². The van der Waals surface area contributed by atoms with E-state index in [2.05, 4.69) is 4.98 Å². The summed E-state index contributed by atoms with van der Waals surface area (Å²) in [6.45, 7) is 3.34. The van der Waals surface area contributed by atoms with Gasteiger partial charge in [0.2, 0.25) is 0 Å². The molecule has 7 nitrogen and oxygen atoms in total. The molecule has 7 heteroatoms. The Morgan fingerprint density at radius 2 is 1.96 bits per heavy atom. The molecule has 2 heterocycles. The third-order valence-electron chi connectivity index (χ3n) is 4.72. The molecule has 0 atom stereocenters. The minimum atomic E-state index is -0.380. The van der Waals surface area contributed by atoms with Crippen molar-refractivity contribution in [3.05, 3.63) is 59.3 Å². The third-order valence-corrected chi connectivity index (χ3v) is 4.72. The van der Waals surface area contributed by atoms with E-state index in [0.29, 0.717) is 24.5 Å². The molecule has 1 aliphatic heterocycles. The van der Waals surface area contributed by atoms with E-state index >= 15 is 0 Å². The number of pyridine rings is 1. The van der Waals surface area contributed by atoms with Crippen molar-refractivity contribution in [1.82, 2.24) is 9.88 Å². The van der Waals surface area contributed by atoms with E-state index in [1.807, 2.05) is 42.2 Å². The van der Waals surface area contributed by atoms with E-state index < -0.39 is 0 Å². The highest BCUT2D eigenvalue weighted by atomic mass is 16.6. The molecule has 0 bridgehead atoms. The molecule has 0 aliphatic carbocycles. The molecule has 1 aromatic carbocycles. The lowest BCUT2D eigenvalue weighted by Gasteiger charge is -2.44. The number of likely N-dealkylation sites (N-methyl/N-ethyl adjacent to an activating group) is 1. The second-order valence-electron chi connectivity index (χ2n) is 6.56. The molecule has 27 heavy (non-hydrogen) atoms. The van der Waals surface area contributed by atoms with Gasteiger partial charge in [0.1, 0.15) is 12.4 Å². The summed E-state index contributed by atoms with van der Waals surface area (Å²) in [5.74, 6) is 0.318. The summed E-state index contributed by atoms with van der Waals surface area (Å²) in [5, 5.41) is 0. The van der Waals surface area contributed by atoms with E-state index in [0.717, 1.165) is 11.1 Å². The van der Waals surface area contributed by atoms with Gasteiger partial charge in [-0.2, -0.15) is 0 Å². The highest BCUT2D eigenvalue weighted by Gasteiger charge is 2.34. The molecule has 1 saturated heterocycles. The number of nitrogens with zero attached hydrogens (tertiary/aromatic N) is 3. The van der Waals surface area contributed by atoms with Crippen LogP contribution in [0.15, 0.2) is 42.6 Å². The predicted octanol–water partition coefficient (Wildman–Crippen LogP) is 2.63. The standard InChI is InChI=1S/C20H23N3O4/c1-14-10-21-18(9-17(14)19(24)26-3)23-11-16(12-23)22(2)20(25)27-13-15-7-5-4-6-8-15/h4-10,16H,11-13H2,1-3H3. The second kappa shape index (κ2) is 8.07. The fourth-order valence-electron chi connectivity index (χ4n) is 2.87. The fraction of sp³-hybridized carbons (Fsp3) is 0.350. The lowest BCUT2D eigenvalue weighted by atomic mass is 10.1. The van der Waals surface area contributed by atoms with Crippen LogP contribution in [0.4, 0.5) is 10.6 Å². The maximum Gasteiger partial charge on any atom is 0.410 e. The van der Waals surface area contributed by atoms with Gasteiger partial charge in [-0.05, 0) is 24.1 Å². The molecule has 2 aromatic rings. The van der Waals surface area contributed by atoms with Crippen molar-refractivity contribution in [2.24, 2.45) is 0 Å². The first-order chi connectivity index (χ1) is 13.0. The molecular formula is C20H23N3O4. The molecule has 1 aromatic heterocycles. The summed E-state index contributed by atoms with van der Waals surface area (Å²) < 4.78 is 10.2. The molecule has 0 saturated carbocycles. The summed E-state index contributed by atoms with van der Waals surface area (Å²) in [6.07, 6.45) is 1.31. The average Bonchev–Trinajstić information content (AvgIpc) is 2.66. The molecule has 1 aliphatic rings. The Labute approximate surface area is 158 Å². The molecule has 3 rings (SSSR count). The smallest absolute Gasteiger partial charge is 0.410 e. The monoisotopic (exact) mass is 369 g/mol. The molecular weight excluding hydrogens is 346 g/mol. The maximum absolute atomic E-state index is 12.2. The zero-order valence-corrected chi connectivity index (χ0v) is 15.7. The van der Waals surface area contributed by atoms with Gasteiger partial charge in [-0.25, -0.2) is 14.6 Å². The van der Waals surface area contributed by atoms with Gasteiger partial charge in [-0.1, -0.05) is 30.3 Å². The number of rotatable bonds is 5. The maximum atomic E-state index is 12.2. The molecule has 142 valence electrons. The van der Waals surface area contributed by atoms with Gasteiger partial charge in [0.25, 0.3) is 0 Å². The number of aromatic nitrogens is 1. The van der Waals surface area contributed by atoms with Crippen LogP contribution in [-0.2, 0) is 16.1 Å². The number of hydrogen-bond donors (Lipinski definition) is 0. The molecule has 0 unspecified atom stereocenters. The second-order valence-corrected chi connectivity index (χ2v) is 6.56. The Hall–Kier alpha value is -3.09. The van der Waals surface area contributed by atoms with Crippen molar-refractivity contribution in [2.45, 2.75) is 19.6 Å². The van der Waals surface area contributed by atoms with Gasteiger partial charge in [0, 0.05) is 26.3 Å². The van der Waals surface area contributed by atoms with Crippen molar-refractivity contribution < 1.29 is 19.1 Å². The van der Waals surface area contributed by atoms with Gasteiger partial charge < -0.3 is 19.3 Å². The highest BCUT2D eigenvalue weighted by molar-refractivity contribution is 5.91. The number of aryl methyl sites for hydroxylation is 1. The summed E-state index contributed by atoms with van der Waals surface area (Å²) in [4.78, 5) is 32.1. The Kier molecular flexibility index (Phi) is 5.59. The van der Waals surface area contributed by atoms with E-state index in [1.54, 1.807) is 24.2 Å². The number of amides is 1. The van der Waals surface area contributed by atoms with Gasteiger partial charge in [-0.15, -0.1) is 0 Å². The van der Waals surface area contributed by atoms with Crippen molar-refractivity contribution in [2.75, 3.05) is 32.1 Å². The van der Waals surface area contributed by atoms with Gasteiger partial charge in [-0.3, -0.25) is 0 Å². The Balaban J connectivity index is 1.54. The van der Waals surface area contributed by atoms with Crippen LogP contribution in [0, 0.1) is 6.92 Å². The fourth-order valence-corrected chi connectivity index (χ4v) is 2.87. The topological polar surface area (TPSA) is 72.0 Å². The van der Waals surface area contributed by atoms with Crippen molar-refractivity contribution in [3.63, 3.8) is 0 Å². The van der Waals surface area contributed by atoms with Crippen LogP contribution in [-0.4, -0.2) is 55.2 Å². The summed E-state index contributed by atoms with van der Waals surface area (Å²) in [7, 11) is 3.09. The van der Waals surface area contributed by atoms with Gasteiger partial charge >= 0.3 is 12.1 Å². The Bertz CT molecular complexity index is 819. The van der Waals surface area contributed by atoms with Gasteiger partial charge in [0.05, 0.1) is 18.7 Å². The Morgan fingerprint density at radius 1 is 1.26 bits per heavy atom. The van der Waals surface area contributed by atoms with Crippen LogP contribution >= 0.6 is 0 Å². The number of benzene rings is 1. The van der Waals surface area contributed by atoms with Crippen molar-refractivity contribution in [3.8, 4) is 0 Å². The summed E-state index contributed by atoms with van der Waals surface area (Å²) in [6, 6.07) is 11.3. The summed E-state index contributed by atoms with van der Waals surface area (Å²) in [5.41, 5.74) is 2.22. The predicted molar refractivity (Wildman–Crippen MR) is 101 cm³/mol. The van der Waals surface area contributed by atoms with Crippen LogP contribution in [0.2, 0.25) is 0 Å². The highest BCUT2D eigenvalue weighted by Crippen LogP contribution is 2.24. The molecule has 1 fully saturated rings. The average molecular weight is 369 g/mol. The number of methoxy groups -OCH3 is 1. The number of ether oxygens (including phenoxy) is 2. The minimum Gasteiger partial charge on any atom is -0.465 e. The largest absolute Gasteiger partial charge is 0.465 e. The normalized spacial score (nSPS) is 13.7. The van der Waals surface area contributed by atoms with E-state index in [9.17, 15) is 9.59 Å². The zero-order chi connectivity index (χ0) is 19.4. The third kappa shape index (κ3) is 4.19. The van der Waals surface area contributed by atoms with Crippen LogP contribution in [0.5, 0.6) is 0 Å². The number of carbonyl (C=O) groups is 2. The quantitative estimate of drug-likeness (QED) is 0.755. The van der Waals surface area contributed by atoms with E-state index in [-0.39, 0.29) is 24.7 Å². The molecule has 0 N–H and O–H groups in total.